The quantitative estimate of drug-likeness (QED) is 0.608. The van der Waals surface area contributed by atoms with Crippen LogP contribution < -0.4 is 0 Å². The van der Waals surface area contributed by atoms with Crippen LogP contribution >= 0.6 is 43.6 Å². The van der Waals surface area contributed by atoms with E-state index >= 15 is 0 Å². The fraction of sp³-hybridized carbons (Fsp3) is 0.429. The number of fused-ring (bicyclic) bond motifs is 1. The van der Waals surface area contributed by atoms with Gasteiger partial charge in [0.25, 0.3) is 5.92 Å². The fourth-order valence-corrected chi connectivity index (χ4v) is 4.82. The summed E-state index contributed by atoms with van der Waals surface area (Å²) in [6.45, 7) is 0. The van der Waals surface area contributed by atoms with Crippen molar-refractivity contribution in [3.05, 3.63) is 21.0 Å². The Morgan fingerprint density at radius 2 is 2.25 bits per heavy atom. The summed E-state index contributed by atoms with van der Waals surface area (Å²) < 4.78 is 26.5. The van der Waals surface area contributed by atoms with Crippen molar-refractivity contribution < 1.29 is 8.78 Å². The van der Waals surface area contributed by atoms with Crippen LogP contribution in [0.4, 0.5) is 8.78 Å². The normalized spacial score (nSPS) is 32.3. The molecule has 0 aromatic rings. The molecule has 0 N–H and O–H groups in total. The summed E-state index contributed by atoms with van der Waals surface area (Å²) in [6, 6.07) is 0. The standard InChI is InChI=1S/C7H4Br2F2S/c8-5-3-1-7(10,11)2-4(3)6(9)12-5/h1,5H,2H2. The maximum atomic E-state index is 12.9. The Kier molecular flexibility index (Phi) is 2.16. The second-order valence-corrected chi connectivity index (χ2v) is 6.68. The third-order valence-electron chi connectivity index (χ3n) is 1.82. The average molecular weight is 318 g/mol. The maximum Gasteiger partial charge on any atom is 0.271 e. The summed E-state index contributed by atoms with van der Waals surface area (Å²) in [5, 5.41) is 0. The van der Waals surface area contributed by atoms with E-state index < -0.39 is 5.92 Å². The summed E-state index contributed by atoms with van der Waals surface area (Å²) in [5.74, 6) is -2.64. The number of alkyl halides is 3. The highest BCUT2D eigenvalue weighted by Crippen LogP contribution is 2.54. The highest BCUT2D eigenvalue weighted by molar-refractivity contribution is 9.15. The SMILES string of the molecule is FC1(F)C=C2C(=C(Br)SC2Br)C1. The lowest BCUT2D eigenvalue weighted by atomic mass is 10.2. The molecule has 0 aromatic carbocycles. The maximum absolute atomic E-state index is 12.9. The molecule has 2 aliphatic rings. The first kappa shape index (κ1) is 9.21. The summed E-state index contributed by atoms with van der Waals surface area (Å²) in [4.78, 5) is 0. The van der Waals surface area contributed by atoms with E-state index in [1.165, 1.54) is 11.8 Å². The van der Waals surface area contributed by atoms with E-state index in [9.17, 15) is 8.78 Å². The molecular formula is C7H4Br2F2S. The van der Waals surface area contributed by atoms with Gasteiger partial charge in [0.05, 0.1) is 7.97 Å². The zero-order valence-electron chi connectivity index (χ0n) is 5.78. The van der Waals surface area contributed by atoms with Crippen LogP contribution in [0.3, 0.4) is 0 Å². The highest BCUT2D eigenvalue weighted by atomic mass is 79.9. The van der Waals surface area contributed by atoms with Crippen molar-refractivity contribution in [3.63, 3.8) is 0 Å². The van der Waals surface area contributed by atoms with Gasteiger partial charge in [0, 0.05) is 6.42 Å². The summed E-state index contributed by atoms with van der Waals surface area (Å²) in [6.07, 6.45) is 0.904. The topological polar surface area (TPSA) is 0 Å². The molecule has 0 aromatic heterocycles. The molecule has 0 bridgehead atoms. The first-order valence-corrected chi connectivity index (χ1v) is 5.89. The first-order chi connectivity index (χ1) is 5.49. The van der Waals surface area contributed by atoms with Gasteiger partial charge in [0.1, 0.15) is 0 Å². The van der Waals surface area contributed by atoms with Crippen LogP contribution in [0.1, 0.15) is 6.42 Å². The molecule has 0 spiro atoms. The number of thioether (sulfide) groups is 1. The van der Waals surface area contributed by atoms with E-state index in [0.29, 0.717) is 0 Å². The Hall–Kier alpha value is 0.650. The first-order valence-electron chi connectivity index (χ1n) is 3.30. The van der Waals surface area contributed by atoms with Gasteiger partial charge in [0.2, 0.25) is 0 Å². The summed E-state index contributed by atoms with van der Waals surface area (Å²) in [7, 11) is 0. The van der Waals surface area contributed by atoms with Gasteiger partial charge in [-0.25, -0.2) is 8.78 Å². The molecule has 0 saturated heterocycles. The van der Waals surface area contributed by atoms with Gasteiger partial charge < -0.3 is 0 Å². The van der Waals surface area contributed by atoms with E-state index in [1.54, 1.807) is 0 Å². The molecule has 0 radical (unpaired) electrons. The van der Waals surface area contributed by atoms with Gasteiger partial charge in [-0.3, -0.25) is 0 Å². The molecule has 1 heterocycles. The molecule has 0 saturated carbocycles. The Balaban J connectivity index is 2.41. The van der Waals surface area contributed by atoms with Crippen LogP contribution in [0, 0.1) is 0 Å². The van der Waals surface area contributed by atoms with Crippen molar-refractivity contribution in [2.24, 2.45) is 0 Å². The third-order valence-corrected chi connectivity index (χ3v) is 4.82. The van der Waals surface area contributed by atoms with Crippen molar-refractivity contribution in [2.75, 3.05) is 0 Å². The predicted molar refractivity (Wildman–Crippen MR) is 53.9 cm³/mol. The smallest absolute Gasteiger partial charge is 0.202 e. The fourth-order valence-electron chi connectivity index (χ4n) is 1.31. The number of hydrogen-bond acceptors (Lipinski definition) is 1. The Bertz CT molecular complexity index is 296. The van der Waals surface area contributed by atoms with Crippen molar-refractivity contribution >= 4 is 43.6 Å². The van der Waals surface area contributed by atoms with Gasteiger partial charge in [-0.1, -0.05) is 27.7 Å². The molecule has 1 atom stereocenters. The average Bonchev–Trinajstić information content (AvgIpc) is 2.34. The van der Waals surface area contributed by atoms with Crippen LogP contribution in [0.5, 0.6) is 0 Å². The van der Waals surface area contributed by atoms with Gasteiger partial charge >= 0.3 is 0 Å². The molecule has 1 aliphatic heterocycles. The number of hydrogen-bond donors (Lipinski definition) is 0. The lowest BCUT2D eigenvalue weighted by molar-refractivity contribution is 0.0628. The minimum absolute atomic E-state index is 0.00440. The Morgan fingerprint density at radius 1 is 1.58 bits per heavy atom. The number of allylic oxidation sites excluding steroid dienone is 2. The molecular weight excluding hydrogens is 314 g/mol. The van der Waals surface area contributed by atoms with Crippen molar-refractivity contribution in [1.82, 2.24) is 0 Å². The minimum atomic E-state index is -2.64. The predicted octanol–water partition coefficient (Wildman–Crippen LogP) is 4.03. The summed E-state index contributed by atoms with van der Waals surface area (Å²) in [5.41, 5.74) is 1.49. The van der Waals surface area contributed by atoms with Crippen LogP contribution in [0.2, 0.25) is 0 Å². The van der Waals surface area contributed by atoms with E-state index in [4.69, 9.17) is 0 Å². The summed E-state index contributed by atoms with van der Waals surface area (Å²) >= 11 is 8.13. The van der Waals surface area contributed by atoms with Gasteiger partial charge in [-0.2, -0.15) is 0 Å². The Labute approximate surface area is 89.7 Å². The zero-order valence-corrected chi connectivity index (χ0v) is 9.77. The molecule has 12 heavy (non-hydrogen) atoms. The molecule has 5 heteroatoms. The number of halogens is 4. The number of rotatable bonds is 0. The third kappa shape index (κ3) is 1.40. The van der Waals surface area contributed by atoms with E-state index in [0.717, 1.165) is 21.0 Å². The van der Waals surface area contributed by atoms with Crippen molar-refractivity contribution in [2.45, 2.75) is 16.5 Å². The molecule has 66 valence electrons. The van der Waals surface area contributed by atoms with Gasteiger partial charge in [-0.15, -0.1) is 0 Å². The van der Waals surface area contributed by atoms with Gasteiger partial charge in [0.15, 0.2) is 0 Å². The van der Waals surface area contributed by atoms with Crippen LogP contribution in [-0.2, 0) is 0 Å². The molecule has 0 nitrogen and oxygen atoms in total. The molecule has 0 amide bonds. The van der Waals surface area contributed by atoms with Crippen LogP contribution in [-0.4, -0.2) is 10.1 Å². The molecule has 1 unspecified atom stereocenters. The molecule has 0 fully saturated rings. The van der Waals surface area contributed by atoms with Crippen molar-refractivity contribution in [3.8, 4) is 0 Å². The largest absolute Gasteiger partial charge is 0.271 e. The van der Waals surface area contributed by atoms with Crippen LogP contribution in [0.25, 0.3) is 0 Å². The Morgan fingerprint density at radius 3 is 2.83 bits per heavy atom. The second-order valence-electron chi connectivity index (χ2n) is 2.72. The molecule has 1 aliphatic carbocycles. The minimum Gasteiger partial charge on any atom is -0.202 e. The lowest BCUT2D eigenvalue weighted by Crippen LogP contribution is -2.06. The lowest BCUT2D eigenvalue weighted by Gasteiger charge is -2.04. The van der Waals surface area contributed by atoms with Crippen molar-refractivity contribution in [1.29, 1.82) is 0 Å². The van der Waals surface area contributed by atoms with E-state index in [2.05, 4.69) is 31.9 Å². The highest BCUT2D eigenvalue weighted by Gasteiger charge is 2.42. The monoisotopic (exact) mass is 316 g/mol. The molecule has 2 rings (SSSR count). The second kappa shape index (κ2) is 2.82. The van der Waals surface area contributed by atoms with E-state index in [1.807, 2.05) is 0 Å². The van der Waals surface area contributed by atoms with Crippen LogP contribution in [0.15, 0.2) is 21.0 Å². The van der Waals surface area contributed by atoms with Gasteiger partial charge in [-0.05, 0) is 33.2 Å². The van der Waals surface area contributed by atoms with E-state index in [-0.39, 0.29) is 10.6 Å². The zero-order chi connectivity index (χ0) is 8.93.